The number of thiazole rings is 1. The summed E-state index contributed by atoms with van der Waals surface area (Å²) in [5, 5.41) is 13.1. The minimum atomic E-state index is -0.742. The molecular formula is C23H33ClN4O3S. The summed E-state index contributed by atoms with van der Waals surface area (Å²) in [5.41, 5.74) is 10.6. The average Bonchev–Trinajstić information content (AvgIpc) is 3.31. The zero-order valence-corrected chi connectivity index (χ0v) is 20.8. The van der Waals surface area contributed by atoms with E-state index in [1.807, 2.05) is 64.4 Å². The van der Waals surface area contributed by atoms with Crippen LogP contribution in [0.3, 0.4) is 0 Å². The fourth-order valence-electron chi connectivity index (χ4n) is 3.75. The molecule has 1 aliphatic heterocycles. The summed E-state index contributed by atoms with van der Waals surface area (Å²) < 4.78 is 0. The van der Waals surface area contributed by atoms with Crippen LogP contribution in [0, 0.1) is 12.3 Å². The number of benzene rings is 1. The Morgan fingerprint density at radius 3 is 2.44 bits per heavy atom. The van der Waals surface area contributed by atoms with E-state index in [-0.39, 0.29) is 43.2 Å². The van der Waals surface area contributed by atoms with Gasteiger partial charge in [-0.25, -0.2) is 4.98 Å². The molecule has 2 heterocycles. The lowest BCUT2D eigenvalue weighted by atomic mass is 9.86. The third kappa shape index (κ3) is 5.67. The molecule has 2 amide bonds. The van der Waals surface area contributed by atoms with Gasteiger partial charge in [0.05, 0.1) is 34.3 Å². The van der Waals surface area contributed by atoms with Crippen LogP contribution in [0.4, 0.5) is 0 Å². The number of rotatable bonds is 5. The quantitative estimate of drug-likeness (QED) is 0.609. The first-order chi connectivity index (χ1) is 14.5. The smallest absolute Gasteiger partial charge is 0.243 e. The molecule has 1 saturated heterocycles. The fourth-order valence-corrected chi connectivity index (χ4v) is 4.56. The Kier molecular flexibility index (Phi) is 8.44. The Balaban J connectivity index is 0.00000363. The van der Waals surface area contributed by atoms with Gasteiger partial charge in [0, 0.05) is 13.0 Å². The first-order valence-corrected chi connectivity index (χ1v) is 11.4. The lowest BCUT2D eigenvalue weighted by Crippen LogP contribution is -2.55. The Labute approximate surface area is 199 Å². The van der Waals surface area contributed by atoms with Crippen LogP contribution in [-0.2, 0) is 9.59 Å². The molecule has 32 heavy (non-hydrogen) atoms. The normalized spacial score (nSPS) is 20.4. The zero-order valence-electron chi connectivity index (χ0n) is 19.2. The number of nitrogens with two attached hydrogens (primary N) is 1. The summed E-state index contributed by atoms with van der Waals surface area (Å²) in [7, 11) is 0. The largest absolute Gasteiger partial charge is 0.391 e. The van der Waals surface area contributed by atoms with Gasteiger partial charge < -0.3 is 21.1 Å². The number of carbonyl (C=O) groups excluding carboxylic acids is 2. The highest BCUT2D eigenvalue weighted by atomic mass is 35.5. The van der Waals surface area contributed by atoms with E-state index in [2.05, 4.69) is 10.3 Å². The van der Waals surface area contributed by atoms with E-state index in [9.17, 15) is 14.7 Å². The molecule has 1 aliphatic rings. The molecule has 176 valence electrons. The van der Waals surface area contributed by atoms with E-state index >= 15 is 0 Å². The first-order valence-electron chi connectivity index (χ1n) is 10.5. The Morgan fingerprint density at radius 1 is 1.28 bits per heavy atom. The lowest BCUT2D eigenvalue weighted by molar-refractivity contribution is -0.141. The standard InChI is InChI=1S/C23H32N4O3S.ClH/c1-13(15-6-8-16(9-7-15)19-14(2)25-12-31-19)26-21(29)18-10-17(28)11-27(18)22(30)20(24)23(3,4)5;/h6-9,12-13,17-18,20,28H,10-11,24H2,1-5H3,(H,26,29);1H/t13-,17?,18?,20?;/m0./s1. The van der Waals surface area contributed by atoms with Crippen molar-refractivity contribution in [2.75, 3.05) is 6.54 Å². The maximum Gasteiger partial charge on any atom is 0.243 e. The van der Waals surface area contributed by atoms with Crippen LogP contribution >= 0.6 is 23.7 Å². The molecule has 1 fully saturated rings. The molecular weight excluding hydrogens is 448 g/mol. The lowest BCUT2D eigenvalue weighted by Gasteiger charge is -2.32. The minimum absolute atomic E-state index is 0. The molecule has 2 aromatic rings. The van der Waals surface area contributed by atoms with E-state index in [4.69, 9.17) is 5.73 Å². The number of likely N-dealkylation sites (tertiary alicyclic amines) is 1. The van der Waals surface area contributed by atoms with E-state index in [1.54, 1.807) is 11.3 Å². The highest BCUT2D eigenvalue weighted by molar-refractivity contribution is 7.13. The maximum absolute atomic E-state index is 13.0. The number of carbonyl (C=O) groups is 2. The maximum atomic E-state index is 13.0. The predicted octanol–water partition coefficient (Wildman–Crippen LogP) is 3.05. The molecule has 0 radical (unpaired) electrons. The average molecular weight is 481 g/mol. The van der Waals surface area contributed by atoms with E-state index in [1.165, 1.54) is 4.90 Å². The van der Waals surface area contributed by atoms with Crippen LogP contribution in [-0.4, -0.2) is 51.5 Å². The second-order valence-electron chi connectivity index (χ2n) is 9.36. The summed E-state index contributed by atoms with van der Waals surface area (Å²) in [6.45, 7) is 9.67. The van der Waals surface area contributed by atoms with Gasteiger partial charge in [0.1, 0.15) is 6.04 Å². The number of nitrogens with zero attached hydrogens (tertiary/aromatic N) is 2. The number of amides is 2. The Bertz CT molecular complexity index is 941. The summed E-state index contributed by atoms with van der Waals surface area (Å²) in [6.07, 6.45) is -0.519. The number of aliphatic hydroxyl groups is 1. The van der Waals surface area contributed by atoms with Gasteiger partial charge in [-0.05, 0) is 30.4 Å². The number of aliphatic hydroxyl groups excluding tert-OH is 1. The number of aromatic nitrogens is 1. The van der Waals surface area contributed by atoms with Crippen molar-refractivity contribution >= 4 is 35.6 Å². The predicted molar refractivity (Wildman–Crippen MR) is 130 cm³/mol. The van der Waals surface area contributed by atoms with Crippen molar-refractivity contribution in [1.82, 2.24) is 15.2 Å². The number of halogens is 1. The van der Waals surface area contributed by atoms with Gasteiger partial charge in [0.2, 0.25) is 11.8 Å². The van der Waals surface area contributed by atoms with E-state index < -0.39 is 23.6 Å². The van der Waals surface area contributed by atoms with Gasteiger partial charge in [-0.15, -0.1) is 23.7 Å². The van der Waals surface area contributed by atoms with Crippen LogP contribution in [0.1, 0.15) is 51.4 Å². The van der Waals surface area contributed by atoms with Crippen molar-refractivity contribution in [2.24, 2.45) is 11.1 Å². The number of nitrogens with one attached hydrogen (secondary N) is 1. The Hall–Kier alpha value is -2.00. The van der Waals surface area contributed by atoms with E-state index in [0.29, 0.717) is 0 Å². The van der Waals surface area contributed by atoms with Gasteiger partial charge in [0.25, 0.3) is 0 Å². The molecule has 0 aliphatic carbocycles. The number of β-amino-alcohol motifs (C(OH)–C–C–N with tert-alkyl or cyclic N) is 1. The fraction of sp³-hybridized carbons (Fsp3) is 0.522. The van der Waals surface area contributed by atoms with Crippen molar-refractivity contribution in [1.29, 1.82) is 0 Å². The number of hydrogen-bond donors (Lipinski definition) is 3. The molecule has 0 bridgehead atoms. The number of hydrogen-bond acceptors (Lipinski definition) is 6. The van der Waals surface area contributed by atoms with Gasteiger partial charge in [-0.2, -0.15) is 0 Å². The topological polar surface area (TPSA) is 109 Å². The molecule has 1 aromatic carbocycles. The van der Waals surface area contributed by atoms with Crippen LogP contribution in [0.15, 0.2) is 29.8 Å². The molecule has 9 heteroatoms. The SMILES string of the molecule is Cc1ncsc1-c1ccc([C@H](C)NC(=O)C2CC(O)CN2C(=O)C(N)C(C)(C)C)cc1.Cl. The highest BCUT2D eigenvalue weighted by Crippen LogP contribution is 2.29. The van der Waals surface area contributed by atoms with Gasteiger partial charge >= 0.3 is 0 Å². The molecule has 3 unspecified atom stereocenters. The van der Waals surface area contributed by atoms with E-state index in [0.717, 1.165) is 21.7 Å². The van der Waals surface area contributed by atoms with Gasteiger partial charge in [0.15, 0.2) is 0 Å². The molecule has 0 spiro atoms. The number of aryl methyl sites for hydroxylation is 1. The van der Waals surface area contributed by atoms with Crippen LogP contribution in [0.5, 0.6) is 0 Å². The second-order valence-corrected chi connectivity index (χ2v) is 10.2. The minimum Gasteiger partial charge on any atom is -0.391 e. The van der Waals surface area contributed by atoms with Gasteiger partial charge in [-0.3, -0.25) is 9.59 Å². The second kappa shape index (κ2) is 10.3. The monoisotopic (exact) mass is 480 g/mol. The molecule has 3 rings (SSSR count). The molecule has 7 nitrogen and oxygen atoms in total. The summed E-state index contributed by atoms with van der Waals surface area (Å²) in [4.78, 5) is 32.7. The molecule has 4 atom stereocenters. The van der Waals surface area contributed by atoms with Crippen molar-refractivity contribution in [2.45, 2.75) is 65.3 Å². The van der Waals surface area contributed by atoms with Crippen LogP contribution < -0.4 is 11.1 Å². The Morgan fingerprint density at radius 2 is 1.91 bits per heavy atom. The van der Waals surface area contributed by atoms with Crippen molar-refractivity contribution in [3.63, 3.8) is 0 Å². The summed E-state index contributed by atoms with van der Waals surface area (Å²) >= 11 is 1.60. The third-order valence-electron chi connectivity index (χ3n) is 5.84. The molecule has 0 saturated carbocycles. The van der Waals surface area contributed by atoms with Crippen molar-refractivity contribution < 1.29 is 14.7 Å². The zero-order chi connectivity index (χ0) is 22.9. The summed E-state index contributed by atoms with van der Waals surface area (Å²) in [5.74, 6) is -0.581. The first kappa shape index (κ1) is 26.3. The van der Waals surface area contributed by atoms with Crippen molar-refractivity contribution in [3.05, 3.63) is 41.0 Å². The summed E-state index contributed by atoms with van der Waals surface area (Å²) in [6, 6.07) is 6.32. The third-order valence-corrected chi connectivity index (χ3v) is 6.82. The van der Waals surface area contributed by atoms with Crippen molar-refractivity contribution in [3.8, 4) is 10.4 Å². The molecule has 1 aromatic heterocycles. The van der Waals surface area contributed by atoms with Crippen LogP contribution in [0.2, 0.25) is 0 Å². The molecule has 4 N–H and O–H groups in total. The van der Waals surface area contributed by atoms with Crippen LogP contribution in [0.25, 0.3) is 10.4 Å². The van der Waals surface area contributed by atoms with Gasteiger partial charge in [-0.1, -0.05) is 45.0 Å². The highest BCUT2D eigenvalue weighted by Gasteiger charge is 2.42.